The second-order valence-electron chi connectivity index (χ2n) is 10.4. The van der Waals surface area contributed by atoms with Crippen LogP contribution in [-0.2, 0) is 11.0 Å². The zero-order valence-electron chi connectivity index (χ0n) is 23.7. The van der Waals surface area contributed by atoms with E-state index in [0.717, 1.165) is 44.1 Å². The van der Waals surface area contributed by atoms with Crippen molar-refractivity contribution >= 4 is 27.6 Å². The number of fused-ring (bicyclic) bond motifs is 1. The standard InChI is InChI=1S/C31H31F4N3O4S/c1-19-5-3-12-38(18-19)13-4-14-41-28-17-24-21(16-27(28)40-2)25(10-11-36-24)42-26-8-6-20(15-23(26)33)37-43(39)29-9-7-22(32)30(34)31(29)35/h6-11,15-17,19,37H,3-5,12-14,18H2,1-2H3. The number of pyridine rings is 1. The van der Waals surface area contributed by atoms with Crippen molar-refractivity contribution in [2.75, 3.05) is 38.1 Å². The number of piperidine rings is 1. The number of aromatic nitrogens is 1. The number of likely N-dealkylation sites (tertiary alicyclic amines) is 1. The molecule has 1 aliphatic rings. The van der Waals surface area contributed by atoms with Crippen molar-refractivity contribution in [2.45, 2.75) is 31.1 Å². The summed E-state index contributed by atoms with van der Waals surface area (Å²) in [5.41, 5.74) is 0.561. The highest BCUT2D eigenvalue weighted by atomic mass is 32.2. The molecule has 1 N–H and O–H groups in total. The largest absolute Gasteiger partial charge is 0.493 e. The molecule has 0 radical (unpaired) electrons. The van der Waals surface area contributed by atoms with Crippen LogP contribution >= 0.6 is 0 Å². The van der Waals surface area contributed by atoms with Gasteiger partial charge in [-0.25, -0.2) is 21.8 Å². The lowest BCUT2D eigenvalue weighted by molar-refractivity contribution is 0.169. The minimum Gasteiger partial charge on any atom is -0.493 e. The average molecular weight is 618 g/mol. The highest BCUT2D eigenvalue weighted by Crippen LogP contribution is 2.38. The maximum absolute atomic E-state index is 15.0. The van der Waals surface area contributed by atoms with Crippen LogP contribution in [0, 0.1) is 29.2 Å². The van der Waals surface area contributed by atoms with Gasteiger partial charge in [-0.2, -0.15) is 0 Å². The Kier molecular flexibility index (Phi) is 9.66. The number of halogens is 4. The number of nitrogens with one attached hydrogen (secondary N) is 1. The number of anilines is 1. The van der Waals surface area contributed by atoms with Crippen LogP contribution in [0.4, 0.5) is 23.2 Å². The summed E-state index contributed by atoms with van der Waals surface area (Å²) in [5.74, 6) is -3.66. The fourth-order valence-corrected chi connectivity index (χ4v) is 5.92. The smallest absolute Gasteiger partial charge is 0.195 e. The topological polar surface area (TPSA) is 72.9 Å². The summed E-state index contributed by atoms with van der Waals surface area (Å²) in [6.45, 7) is 5.99. The van der Waals surface area contributed by atoms with Crippen LogP contribution in [0.15, 0.2) is 59.6 Å². The van der Waals surface area contributed by atoms with Crippen molar-refractivity contribution in [3.8, 4) is 23.0 Å². The number of hydrogen-bond donors (Lipinski definition) is 1. The Balaban J connectivity index is 1.27. The van der Waals surface area contributed by atoms with Crippen LogP contribution < -0.4 is 18.9 Å². The van der Waals surface area contributed by atoms with Gasteiger partial charge in [-0.1, -0.05) is 6.92 Å². The first-order chi connectivity index (χ1) is 20.7. The predicted molar refractivity (Wildman–Crippen MR) is 156 cm³/mol. The fraction of sp³-hybridized carbons (Fsp3) is 0.323. The summed E-state index contributed by atoms with van der Waals surface area (Å²) < 4.78 is 88.0. The molecule has 0 saturated carbocycles. The lowest BCUT2D eigenvalue weighted by Crippen LogP contribution is -2.35. The number of ether oxygens (including phenoxy) is 3. The predicted octanol–water partition coefficient (Wildman–Crippen LogP) is 7.23. The van der Waals surface area contributed by atoms with Crippen LogP contribution in [0.3, 0.4) is 0 Å². The Bertz CT molecular complexity index is 1640. The van der Waals surface area contributed by atoms with Crippen molar-refractivity contribution in [3.05, 3.63) is 78.0 Å². The molecule has 0 aliphatic carbocycles. The third-order valence-electron chi connectivity index (χ3n) is 7.17. The number of hydrogen-bond acceptors (Lipinski definition) is 6. The molecule has 2 heterocycles. The summed E-state index contributed by atoms with van der Waals surface area (Å²) in [6, 6.07) is 10.2. The Morgan fingerprint density at radius 2 is 1.81 bits per heavy atom. The zero-order valence-corrected chi connectivity index (χ0v) is 24.5. The van der Waals surface area contributed by atoms with E-state index in [1.54, 1.807) is 18.2 Å². The van der Waals surface area contributed by atoms with Gasteiger partial charge in [-0.05, 0) is 68.1 Å². The Morgan fingerprint density at radius 3 is 2.58 bits per heavy atom. The Hall–Kier alpha value is -3.90. The normalized spacial score (nSPS) is 16.2. The van der Waals surface area contributed by atoms with Crippen molar-refractivity contribution in [1.29, 1.82) is 0 Å². The number of nitrogens with zero attached hydrogens (tertiary/aromatic N) is 2. The van der Waals surface area contributed by atoms with Crippen molar-refractivity contribution in [2.24, 2.45) is 5.92 Å². The van der Waals surface area contributed by atoms with Crippen LogP contribution in [0.2, 0.25) is 0 Å². The van der Waals surface area contributed by atoms with Gasteiger partial charge in [0.25, 0.3) is 0 Å². The van der Waals surface area contributed by atoms with Crippen LogP contribution in [0.1, 0.15) is 26.2 Å². The van der Waals surface area contributed by atoms with Crippen LogP contribution in [0.25, 0.3) is 10.9 Å². The number of rotatable bonds is 11. The molecular weight excluding hydrogens is 586 g/mol. The highest BCUT2D eigenvalue weighted by molar-refractivity contribution is 7.86. The summed E-state index contributed by atoms with van der Waals surface area (Å²) in [7, 11) is -0.795. The van der Waals surface area contributed by atoms with E-state index in [0.29, 0.717) is 40.8 Å². The van der Waals surface area contributed by atoms with Gasteiger partial charge in [0.05, 0.1) is 24.1 Å². The van der Waals surface area contributed by atoms with Gasteiger partial charge in [0.1, 0.15) is 5.75 Å². The Labute approximate surface area is 249 Å². The molecule has 4 aromatic rings. The van der Waals surface area contributed by atoms with E-state index in [1.807, 2.05) is 0 Å². The van der Waals surface area contributed by atoms with Crippen LogP contribution in [0.5, 0.6) is 23.0 Å². The summed E-state index contributed by atoms with van der Waals surface area (Å²) >= 11 is 0. The molecule has 0 bridgehead atoms. The first-order valence-electron chi connectivity index (χ1n) is 13.8. The fourth-order valence-electron chi connectivity index (χ4n) is 5.03. The van der Waals surface area contributed by atoms with Gasteiger partial charge in [0, 0.05) is 42.5 Å². The molecule has 228 valence electrons. The van der Waals surface area contributed by atoms with E-state index in [4.69, 9.17) is 14.2 Å². The van der Waals surface area contributed by atoms with E-state index in [-0.39, 0.29) is 11.4 Å². The van der Waals surface area contributed by atoms with E-state index < -0.39 is 39.1 Å². The van der Waals surface area contributed by atoms with Crippen LogP contribution in [-0.4, -0.2) is 47.4 Å². The molecule has 1 aliphatic heterocycles. The maximum Gasteiger partial charge on any atom is 0.195 e. The van der Waals surface area contributed by atoms with Gasteiger partial charge in [0.15, 0.2) is 51.5 Å². The molecule has 1 fully saturated rings. The van der Waals surface area contributed by atoms with Crippen molar-refractivity contribution in [3.63, 3.8) is 0 Å². The maximum atomic E-state index is 15.0. The molecule has 5 rings (SSSR count). The molecule has 2 unspecified atom stereocenters. The lowest BCUT2D eigenvalue weighted by Gasteiger charge is -2.30. The van der Waals surface area contributed by atoms with E-state index in [2.05, 4.69) is 21.5 Å². The number of benzene rings is 3. The quantitative estimate of drug-likeness (QED) is 0.109. The molecule has 0 amide bonds. The van der Waals surface area contributed by atoms with Crippen molar-refractivity contribution < 1.29 is 36.0 Å². The third-order valence-corrected chi connectivity index (χ3v) is 8.30. The average Bonchev–Trinajstić information content (AvgIpc) is 2.99. The lowest BCUT2D eigenvalue weighted by atomic mass is 10.0. The number of methoxy groups -OCH3 is 1. The van der Waals surface area contributed by atoms with Gasteiger partial charge in [0.2, 0.25) is 0 Å². The van der Waals surface area contributed by atoms with Gasteiger partial charge >= 0.3 is 0 Å². The second-order valence-corrected chi connectivity index (χ2v) is 11.6. The molecule has 0 spiro atoms. The molecule has 43 heavy (non-hydrogen) atoms. The zero-order chi connectivity index (χ0) is 30.5. The SMILES string of the molecule is COc1cc2c(Oc3ccc(NS(=O)c4ccc(F)c(F)c4F)cc3F)ccnc2cc1OCCCN1CCCC(C)C1. The third kappa shape index (κ3) is 7.19. The van der Waals surface area contributed by atoms with Gasteiger partial charge < -0.3 is 23.8 Å². The highest BCUT2D eigenvalue weighted by Gasteiger charge is 2.20. The molecular formula is C31H31F4N3O4S. The summed E-state index contributed by atoms with van der Waals surface area (Å²) in [6.07, 6.45) is 4.90. The summed E-state index contributed by atoms with van der Waals surface area (Å²) in [5, 5.41) is 0.561. The molecule has 1 saturated heterocycles. The molecule has 2 atom stereocenters. The Morgan fingerprint density at radius 1 is 0.977 bits per heavy atom. The first-order valence-corrected chi connectivity index (χ1v) is 15.0. The van der Waals surface area contributed by atoms with E-state index >= 15 is 4.39 Å². The second kappa shape index (κ2) is 13.6. The van der Waals surface area contributed by atoms with E-state index in [9.17, 15) is 17.4 Å². The first kappa shape index (κ1) is 30.6. The molecule has 1 aromatic heterocycles. The molecule has 3 aromatic carbocycles. The minimum absolute atomic E-state index is 0.00478. The summed E-state index contributed by atoms with van der Waals surface area (Å²) in [4.78, 5) is 6.26. The molecule has 7 nitrogen and oxygen atoms in total. The van der Waals surface area contributed by atoms with Gasteiger partial charge in [-0.15, -0.1) is 0 Å². The van der Waals surface area contributed by atoms with Gasteiger partial charge in [-0.3, -0.25) is 4.98 Å². The monoisotopic (exact) mass is 617 g/mol. The molecule has 12 heteroatoms. The minimum atomic E-state index is -2.32. The van der Waals surface area contributed by atoms with E-state index in [1.165, 1.54) is 38.3 Å². The van der Waals surface area contributed by atoms with Crippen molar-refractivity contribution in [1.82, 2.24) is 9.88 Å².